The topological polar surface area (TPSA) is 87.6 Å². The van der Waals surface area contributed by atoms with Crippen molar-refractivity contribution in [3.05, 3.63) is 0 Å². The fraction of sp³-hybridized carbons (Fsp3) is 0.833. The van der Waals surface area contributed by atoms with Gasteiger partial charge in [0.05, 0.1) is 0 Å². The van der Waals surface area contributed by atoms with E-state index < -0.39 is 12.1 Å². The molecule has 0 amide bonds. The fourth-order valence-electron chi connectivity index (χ4n) is 0.541. The Kier molecular flexibility index (Phi) is 5.73. The second kappa shape index (κ2) is 6.09. The Morgan fingerprint density at radius 2 is 2.18 bits per heavy atom. The molecule has 0 aromatic rings. The zero-order valence-electron chi connectivity index (χ0n) is 6.58. The minimum Gasteiger partial charge on any atom is -0.462 e. The van der Waals surface area contributed by atoms with Crippen molar-refractivity contribution in [2.24, 2.45) is 11.5 Å². The van der Waals surface area contributed by atoms with Gasteiger partial charge in [-0.1, -0.05) is 0 Å². The van der Waals surface area contributed by atoms with Crippen LogP contribution in [0.1, 0.15) is 0 Å². The zero-order valence-corrected chi connectivity index (χ0v) is 6.58. The molecule has 5 heteroatoms. The third-order valence-electron chi connectivity index (χ3n) is 1.12. The van der Waals surface area contributed by atoms with Gasteiger partial charge in [0.15, 0.2) is 6.10 Å². The van der Waals surface area contributed by atoms with E-state index in [4.69, 9.17) is 16.2 Å². The molecule has 0 bridgehead atoms. The maximum Gasteiger partial charge on any atom is 0.336 e. The van der Waals surface area contributed by atoms with Crippen LogP contribution in [-0.2, 0) is 14.3 Å². The molecule has 4 N–H and O–H groups in total. The normalized spacial score (nSPS) is 12.6. The molecule has 0 spiro atoms. The predicted molar refractivity (Wildman–Crippen MR) is 39.9 cm³/mol. The van der Waals surface area contributed by atoms with Gasteiger partial charge in [0.2, 0.25) is 0 Å². The van der Waals surface area contributed by atoms with Crippen LogP contribution < -0.4 is 11.5 Å². The van der Waals surface area contributed by atoms with E-state index in [-0.39, 0.29) is 13.2 Å². The molecule has 0 aliphatic rings. The molecule has 66 valence electrons. The summed E-state index contributed by atoms with van der Waals surface area (Å²) < 4.78 is 9.38. The van der Waals surface area contributed by atoms with Crippen LogP contribution >= 0.6 is 0 Å². The first kappa shape index (κ1) is 10.3. The maximum atomic E-state index is 10.9. The Labute approximate surface area is 65.6 Å². The number of esters is 1. The van der Waals surface area contributed by atoms with Crippen LogP contribution in [-0.4, -0.2) is 38.9 Å². The summed E-state index contributed by atoms with van der Waals surface area (Å²) in [4.78, 5) is 10.9. The van der Waals surface area contributed by atoms with E-state index in [0.29, 0.717) is 6.54 Å². The molecule has 0 aliphatic carbocycles. The van der Waals surface area contributed by atoms with Gasteiger partial charge in [-0.15, -0.1) is 0 Å². The van der Waals surface area contributed by atoms with Gasteiger partial charge in [0, 0.05) is 20.2 Å². The van der Waals surface area contributed by atoms with Crippen molar-refractivity contribution in [2.45, 2.75) is 6.10 Å². The summed E-state index contributed by atoms with van der Waals surface area (Å²) in [6.07, 6.45) is -0.665. The van der Waals surface area contributed by atoms with Crippen molar-refractivity contribution >= 4 is 5.97 Å². The van der Waals surface area contributed by atoms with Crippen LogP contribution in [0.5, 0.6) is 0 Å². The summed E-state index contributed by atoms with van der Waals surface area (Å²) in [5.74, 6) is -0.458. The van der Waals surface area contributed by atoms with Crippen molar-refractivity contribution in [1.82, 2.24) is 0 Å². The second-order valence-electron chi connectivity index (χ2n) is 1.92. The minimum atomic E-state index is -0.665. The predicted octanol–water partition coefficient (Wildman–Crippen LogP) is -1.54. The molecule has 0 rings (SSSR count). The van der Waals surface area contributed by atoms with Crippen LogP contribution in [0.25, 0.3) is 0 Å². The van der Waals surface area contributed by atoms with E-state index >= 15 is 0 Å². The molecular formula is C6H14N2O3. The van der Waals surface area contributed by atoms with E-state index in [1.807, 2.05) is 0 Å². The third-order valence-corrected chi connectivity index (χ3v) is 1.12. The van der Waals surface area contributed by atoms with Crippen molar-refractivity contribution in [1.29, 1.82) is 0 Å². The van der Waals surface area contributed by atoms with Gasteiger partial charge < -0.3 is 20.9 Å². The van der Waals surface area contributed by atoms with Crippen molar-refractivity contribution in [3.63, 3.8) is 0 Å². The molecule has 1 unspecified atom stereocenters. The number of rotatable bonds is 5. The number of carbonyl (C=O) groups excluding carboxylic acids is 1. The minimum absolute atomic E-state index is 0.125. The molecule has 11 heavy (non-hydrogen) atoms. The first-order valence-electron chi connectivity index (χ1n) is 3.35. The van der Waals surface area contributed by atoms with Crippen molar-refractivity contribution < 1.29 is 14.3 Å². The SMILES string of the molecule is COC(CN)C(=O)OCCN. The summed E-state index contributed by atoms with van der Waals surface area (Å²) in [6, 6.07) is 0. The quantitative estimate of drug-likeness (QED) is 0.478. The number of hydrogen-bond acceptors (Lipinski definition) is 5. The summed E-state index contributed by atoms with van der Waals surface area (Å²) in [5.41, 5.74) is 10.3. The van der Waals surface area contributed by atoms with E-state index in [9.17, 15) is 4.79 Å². The van der Waals surface area contributed by atoms with Crippen LogP contribution in [0.4, 0.5) is 0 Å². The van der Waals surface area contributed by atoms with E-state index in [0.717, 1.165) is 0 Å². The highest BCUT2D eigenvalue weighted by Gasteiger charge is 2.16. The summed E-state index contributed by atoms with van der Waals surface area (Å²) in [5, 5.41) is 0. The van der Waals surface area contributed by atoms with Crippen LogP contribution in [0, 0.1) is 0 Å². The van der Waals surface area contributed by atoms with Crippen LogP contribution in [0.2, 0.25) is 0 Å². The van der Waals surface area contributed by atoms with Gasteiger partial charge in [0.25, 0.3) is 0 Å². The lowest BCUT2D eigenvalue weighted by atomic mass is 10.4. The van der Waals surface area contributed by atoms with Gasteiger partial charge in [-0.3, -0.25) is 0 Å². The Morgan fingerprint density at radius 3 is 2.55 bits per heavy atom. The van der Waals surface area contributed by atoms with Gasteiger partial charge in [-0.05, 0) is 0 Å². The molecule has 0 saturated carbocycles. The van der Waals surface area contributed by atoms with Gasteiger partial charge in [-0.2, -0.15) is 0 Å². The first-order chi connectivity index (χ1) is 5.26. The fourth-order valence-corrected chi connectivity index (χ4v) is 0.541. The standard InChI is InChI=1S/C6H14N2O3/c1-10-5(4-8)6(9)11-3-2-7/h5H,2-4,7-8H2,1H3. The Hall–Kier alpha value is -0.650. The molecule has 0 aromatic heterocycles. The van der Waals surface area contributed by atoms with Crippen molar-refractivity contribution in [2.75, 3.05) is 26.8 Å². The lowest BCUT2D eigenvalue weighted by Crippen LogP contribution is -2.33. The summed E-state index contributed by atoms with van der Waals surface area (Å²) in [6.45, 7) is 0.644. The average molecular weight is 162 g/mol. The van der Waals surface area contributed by atoms with Crippen LogP contribution in [0.15, 0.2) is 0 Å². The summed E-state index contributed by atoms with van der Waals surface area (Å²) in [7, 11) is 1.40. The molecule has 0 radical (unpaired) electrons. The highest BCUT2D eigenvalue weighted by Crippen LogP contribution is 1.90. The van der Waals surface area contributed by atoms with Gasteiger partial charge >= 0.3 is 5.97 Å². The molecule has 5 nitrogen and oxygen atoms in total. The average Bonchev–Trinajstić information content (AvgIpc) is 2.03. The third kappa shape index (κ3) is 3.92. The van der Waals surface area contributed by atoms with E-state index in [1.165, 1.54) is 7.11 Å². The largest absolute Gasteiger partial charge is 0.462 e. The Bertz CT molecular complexity index is 114. The molecule has 0 aromatic carbocycles. The molecule has 0 fully saturated rings. The van der Waals surface area contributed by atoms with E-state index in [2.05, 4.69) is 4.74 Å². The molecule has 0 aliphatic heterocycles. The number of methoxy groups -OCH3 is 1. The van der Waals surface area contributed by atoms with Gasteiger partial charge in [-0.25, -0.2) is 4.79 Å². The molecule has 0 heterocycles. The summed E-state index contributed by atoms with van der Waals surface area (Å²) >= 11 is 0. The molecule has 0 saturated heterocycles. The lowest BCUT2D eigenvalue weighted by molar-refractivity contribution is -0.154. The maximum absolute atomic E-state index is 10.9. The Balaban J connectivity index is 3.61. The van der Waals surface area contributed by atoms with Crippen molar-refractivity contribution in [3.8, 4) is 0 Å². The smallest absolute Gasteiger partial charge is 0.336 e. The number of ether oxygens (including phenoxy) is 2. The highest BCUT2D eigenvalue weighted by atomic mass is 16.6. The van der Waals surface area contributed by atoms with E-state index in [1.54, 1.807) is 0 Å². The molecular weight excluding hydrogens is 148 g/mol. The highest BCUT2D eigenvalue weighted by molar-refractivity contribution is 5.74. The first-order valence-corrected chi connectivity index (χ1v) is 3.35. The monoisotopic (exact) mass is 162 g/mol. The lowest BCUT2D eigenvalue weighted by Gasteiger charge is -2.10. The Morgan fingerprint density at radius 1 is 1.55 bits per heavy atom. The second-order valence-corrected chi connectivity index (χ2v) is 1.92. The molecule has 1 atom stereocenters. The number of hydrogen-bond donors (Lipinski definition) is 2. The number of carbonyl (C=O) groups is 1. The van der Waals surface area contributed by atoms with Crippen LogP contribution in [0.3, 0.4) is 0 Å². The van der Waals surface area contributed by atoms with Gasteiger partial charge in [0.1, 0.15) is 6.61 Å². The number of nitrogens with two attached hydrogens (primary N) is 2. The zero-order chi connectivity index (χ0) is 8.69.